The first kappa shape index (κ1) is 10.5. The number of nitrogens with one attached hydrogen (secondary N) is 2. The lowest BCUT2D eigenvalue weighted by Crippen LogP contribution is -2.07. The first-order valence-corrected chi connectivity index (χ1v) is 5.20. The molecule has 0 aliphatic heterocycles. The molecule has 1 aromatic carbocycles. The third kappa shape index (κ3) is 2.34. The van der Waals surface area contributed by atoms with Gasteiger partial charge in [-0.05, 0) is 31.2 Å². The predicted octanol–water partition coefficient (Wildman–Crippen LogP) is 2.36. The number of benzene rings is 1. The molecule has 3 N–H and O–H groups in total. The van der Waals surface area contributed by atoms with Gasteiger partial charge in [-0.3, -0.25) is 4.79 Å². The third-order valence-corrected chi connectivity index (χ3v) is 2.42. The molecule has 0 bridgehead atoms. The van der Waals surface area contributed by atoms with Crippen LogP contribution in [0.1, 0.15) is 12.1 Å². The van der Waals surface area contributed by atoms with Crippen molar-refractivity contribution in [2.24, 2.45) is 0 Å². The standard InChI is InChI=1S/C12H14N2O2/c1-8-6-9-7-10(2-3-11(9)14-8)13-5-4-12(15)16/h2-3,6-7,13-14H,4-5H2,1H3,(H,15,16). The molecule has 2 rings (SSSR count). The molecular formula is C12H14N2O2. The predicted molar refractivity (Wildman–Crippen MR) is 63.8 cm³/mol. The maximum Gasteiger partial charge on any atom is 0.305 e. The van der Waals surface area contributed by atoms with Crippen LogP contribution in [0, 0.1) is 6.92 Å². The number of H-pyrrole nitrogens is 1. The lowest BCUT2D eigenvalue weighted by Gasteiger charge is -2.04. The van der Waals surface area contributed by atoms with Crippen LogP contribution in [-0.4, -0.2) is 22.6 Å². The van der Waals surface area contributed by atoms with Crippen molar-refractivity contribution in [3.8, 4) is 0 Å². The number of aromatic amines is 1. The summed E-state index contributed by atoms with van der Waals surface area (Å²) in [7, 11) is 0. The zero-order valence-corrected chi connectivity index (χ0v) is 9.08. The van der Waals surface area contributed by atoms with Crippen LogP contribution in [0.15, 0.2) is 24.3 Å². The fraction of sp³-hybridized carbons (Fsp3) is 0.250. The molecule has 1 aromatic heterocycles. The van der Waals surface area contributed by atoms with Crippen molar-refractivity contribution in [1.29, 1.82) is 0 Å². The molecule has 4 nitrogen and oxygen atoms in total. The molecule has 0 spiro atoms. The Hall–Kier alpha value is -1.97. The molecule has 0 amide bonds. The van der Waals surface area contributed by atoms with Crippen LogP contribution in [-0.2, 0) is 4.79 Å². The number of rotatable bonds is 4. The first-order valence-electron chi connectivity index (χ1n) is 5.20. The van der Waals surface area contributed by atoms with E-state index in [2.05, 4.69) is 16.4 Å². The summed E-state index contributed by atoms with van der Waals surface area (Å²) in [6.07, 6.45) is 0.129. The van der Waals surface area contributed by atoms with E-state index in [1.54, 1.807) is 0 Å². The zero-order valence-electron chi connectivity index (χ0n) is 9.08. The molecule has 0 radical (unpaired) electrons. The van der Waals surface area contributed by atoms with Crippen LogP contribution in [0.3, 0.4) is 0 Å². The smallest absolute Gasteiger partial charge is 0.305 e. The molecule has 0 saturated heterocycles. The highest BCUT2D eigenvalue weighted by molar-refractivity contribution is 5.84. The molecule has 0 unspecified atom stereocenters. The Labute approximate surface area is 93.3 Å². The van der Waals surface area contributed by atoms with Crippen LogP contribution in [0.25, 0.3) is 10.9 Å². The Bertz CT molecular complexity index is 517. The monoisotopic (exact) mass is 218 g/mol. The zero-order chi connectivity index (χ0) is 11.5. The minimum Gasteiger partial charge on any atom is -0.481 e. The van der Waals surface area contributed by atoms with E-state index in [1.807, 2.05) is 25.1 Å². The molecule has 0 aliphatic rings. The van der Waals surface area contributed by atoms with Crippen molar-refractivity contribution < 1.29 is 9.90 Å². The topological polar surface area (TPSA) is 65.1 Å². The van der Waals surface area contributed by atoms with E-state index in [-0.39, 0.29) is 6.42 Å². The van der Waals surface area contributed by atoms with Crippen molar-refractivity contribution in [3.63, 3.8) is 0 Å². The van der Waals surface area contributed by atoms with Gasteiger partial charge < -0.3 is 15.4 Å². The molecule has 0 saturated carbocycles. The minimum atomic E-state index is -0.786. The van der Waals surface area contributed by atoms with Gasteiger partial charge in [0.2, 0.25) is 0 Å². The molecule has 0 fully saturated rings. The minimum absolute atomic E-state index is 0.129. The quantitative estimate of drug-likeness (QED) is 0.738. The average Bonchev–Trinajstić information content (AvgIpc) is 2.56. The van der Waals surface area contributed by atoms with Gasteiger partial charge in [-0.15, -0.1) is 0 Å². The number of aromatic nitrogens is 1. The summed E-state index contributed by atoms with van der Waals surface area (Å²) in [4.78, 5) is 13.6. The van der Waals surface area contributed by atoms with Gasteiger partial charge in [0.05, 0.1) is 6.42 Å². The number of anilines is 1. The fourth-order valence-electron chi connectivity index (χ4n) is 1.70. The van der Waals surface area contributed by atoms with Crippen molar-refractivity contribution in [2.45, 2.75) is 13.3 Å². The second kappa shape index (κ2) is 4.26. The average molecular weight is 218 g/mol. The maximum atomic E-state index is 10.4. The second-order valence-corrected chi connectivity index (χ2v) is 3.82. The Morgan fingerprint density at radius 2 is 2.25 bits per heavy atom. The summed E-state index contributed by atoms with van der Waals surface area (Å²) < 4.78 is 0. The highest BCUT2D eigenvalue weighted by atomic mass is 16.4. The van der Waals surface area contributed by atoms with E-state index >= 15 is 0 Å². The lowest BCUT2D eigenvalue weighted by molar-refractivity contribution is -0.136. The summed E-state index contributed by atoms with van der Waals surface area (Å²) in [5.41, 5.74) is 3.17. The maximum absolute atomic E-state index is 10.4. The van der Waals surface area contributed by atoms with Crippen molar-refractivity contribution in [2.75, 3.05) is 11.9 Å². The van der Waals surface area contributed by atoms with Gasteiger partial charge in [0.15, 0.2) is 0 Å². The normalized spacial score (nSPS) is 10.6. The van der Waals surface area contributed by atoms with E-state index in [1.165, 1.54) is 0 Å². The number of hydrogen-bond acceptors (Lipinski definition) is 2. The fourth-order valence-corrected chi connectivity index (χ4v) is 1.70. The summed E-state index contributed by atoms with van der Waals surface area (Å²) in [6.45, 7) is 2.46. The number of carboxylic acids is 1. The first-order chi connectivity index (χ1) is 7.65. The number of carboxylic acid groups (broad SMARTS) is 1. The van der Waals surface area contributed by atoms with Gasteiger partial charge in [0.25, 0.3) is 0 Å². The summed E-state index contributed by atoms with van der Waals surface area (Å²) in [6, 6.07) is 8.02. The van der Waals surface area contributed by atoms with Gasteiger partial charge in [-0.1, -0.05) is 0 Å². The van der Waals surface area contributed by atoms with Gasteiger partial charge >= 0.3 is 5.97 Å². The second-order valence-electron chi connectivity index (χ2n) is 3.82. The molecule has 84 valence electrons. The Balaban J connectivity index is 2.10. The van der Waals surface area contributed by atoms with Crippen molar-refractivity contribution in [1.82, 2.24) is 4.98 Å². The number of fused-ring (bicyclic) bond motifs is 1. The van der Waals surface area contributed by atoms with Gasteiger partial charge in [0, 0.05) is 28.8 Å². The van der Waals surface area contributed by atoms with Crippen LogP contribution in [0.2, 0.25) is 0 Å². The Morgan fingerprint density at radius 3 is 3.00 bits per heavy atom. The SMILES string of the molecule is Cc1cc2cc(NCCC(=O)O)ccc2[nH]1. The Morgan fingerprint density at radius 1 is 1.44 bits per heavy atom. The van der Waals surface area contributed by atoms with Crippen LogP contribution >= 0.6 is 0 Å². The molecule has 2 aromatic rings. The van der Waals surface area contributed by atoms with E-state index < -0.39 is 5.97 Å². The highest BCUT2D eigenvalue weighted by Crippen LogP contribution is 2.19. The molecule has 0 aliphatic carbocycles. The van der Waals surface area contributed by atoms with Gasteiger partial charge in [-0.25, -0.2) is 0 Å². The van der Waals surface area contributed by atoms with E-state index in [0.717, 1.165) is 22.3 Å². The summed E-state index contributed by atoms with van der Waals surface area (Å²) in [5, 5.41) is 12.7. The van der Waals surface area contributed by atoms with Crippen molar-refractivity contribution in [3.05, 3.63) is 30.0 Å². The largest absolute Gasteiger partial charge is 0.481 e. The molecular weight excluding hydrogens is 204 g/mol. The molecule has 1 heterocycles. The molecule has 0 atom stereocenters. The third-order valence-electron chi connectivity index (χ3n) is 2.42. The van der Waals surface area contributed by atoms with E-state index in [9.17, 15) is 4.79 Å². The van der Waals surface area contributed by atoms with Gasteiger partial charge in [-0.2, -0.15) is 0 Å². The van der Waals surface area contributed by atoms with E-state index in [0.29, 0.717) is 6.54 Å². The summed E-state index contributed by atoms with van der Waals surface area (Å²) in [5.74, 6) is -0.786. The molecule has 16 heavy (non-hydrogen) atoms. The lowest BCUT2D eigenvalue weighted by atomic mass is 10.2. The van der Waals surface area contributed by atoms with Crippen molar-refractivity contribution >= 4 is 22.6 Å². The van der Waals surface area contributed by atoms with Gasteiger partial charge in [0.1, 0.15) is 0 Å². The van der Waals surface area contributed by atoms with E-state index in [4.69, 9.17) is 5.11 Å². The summed E-state index contributed by atoms with van der Waals surface area (Å²) >= 11 is 0. The highest BCUT2D eigenvalue weighted by Gasteiger charge is 2.00. The number of aryl methyl sites for hydroxylation is 1. The van der Waals surface area contributed by atoms with Crippen LogP contribution in [0.4, 0.5) is 5.69 Å². The molecule has 4 heteroatoms. The number of aliphatic carboxylic acids is 1. The Kier molecular flexibility index (Phi) is 2.81. The van der Waals surface area contributed by atoms with Crippen LogP contribution in [0.5, 0.6) is 0 Å². The number of carbonyl (C=O) groups is 1. The van der Waals surface area contributed by atoms with Crippen LogP contribution < -0.4 is 5.32 Å². The number of hydrogen-bond donors (Lipinski definition) is 3.